The molecular weight excluding hydrogens is 754 g/mol. The number of ether oxygens (including phenoxy) is 2. The van der Waals surface area contributed by atoms with Gasteiger partial charge in [0.1, 0.15) is 63.9 Å². The molecule has 3 aromatic heterocycles. The van der Waals surface area contributed by atoms with Crippen molar-refractivity contribution >= 4 is 49.0 Å². The quantitative estimate of drug-likeness (QED) is 0.135. The molecular formula is C37H35F7N8O2S. The fourth-order valence-corrected chi connectivity index (χ4v) is 8.08. The summed E-state index contributed by atoms with van der Waals surface area (Å²) in [6, 6.07) is 4.91. The summed E-state index contributed by atoms with van der Waals surface area (Å²) in [5.74, 6) is -4.03. The highest BCUT2D eigenvalue weighted by molar-refractivity contribution is 7.23. The van der Waals surface area contributed by atoms with Crippen molar-refractivity contribution in [3.63, 3.8) is 0 Å². The van der Waals surface area contributed by atoms with Crippen molar-refractivity contribution in [2.24, 2.45) is 0 Å². The first-order valence-corrected chi connectivity index (χ1v) is 17.9. The first kappa shape index (κ1) is 39.3. The van der Waals surface area contributed by atoms with Crippen LogP contribution in [0.4, 0.5) is 47.4 Å². The van der Waals surface area contributed by atoms with E-state index in [0.717, 1.165) is 37.4 Å². The van der Waals surface area contributed by atoms with Crippen LogP contribution in [0.15, 0.2) is 37.1 Å². The molecule has 2 fully saturated rings. The van der Waals surface area contributed by atoms with Gasteiger partial charge in [-0.25, -0.2) is 22.5 Å². The number of halogens is 7. The molecule has 3 aliphatic rings. The van der Waals surface area contributed by atoms with Gasteiger partial charge in [0.2, 0.25) is 0 Å². The maximum atomic E-state index is 16.7. The van der Waals surface area contributed by atoms with Crippen LogP contribution in [0.3, 0.4) is 0 Å². The highest BCUT2D eigenvalue weighted by Crippen LogP contribution is 2.53. The zero-order valence-electron chi connectivity index (χ0n) is 29.6. The SMILES string of the molecule is C=CC.COc1nc2c3c(c(C(F)(F)F)c(-c4ccc(F)c5sc(N)c(C#N)c45)c(F)c3n1)OCCN2Cc1cc(F)cnc1N.FC1CC2CCCN2C1. The van der Waals surface area contributed by atoms with Crippen LogP contribution in [-0.2, 0) is 12.7 Å². The molecule has 3 aliphatic heterocycles. The Hall–Kier alpha value is -5.41. The number of nitrogens with two attached hydrogens (primary N) is 2. The third-order valence-corrected chi connectivity index (χ3v) is 10.4. The molecule has 4 N–H and O–H groups in total. The minimum Gasteiger partial charge on any atom is -0.490 e. The molecule has 0 aliphatic carbocycles. The number of nitriles is 1. The van der Waals surface area contributed by atoms with E-state index in [0.29, 0.717) is 23.9 Å². The Morgan fingerprint density at radius 2 is 1.91 bits per heavy atom. The molecule has 0 spiro atoms. The Balaban J connectivity index is 0.000000365. The number of thiophene rings is 1. The Labute approximate surface area is 314 Å². The van der Waals surface area contributed by atoms with Gasteiger partial charge in [-0.15, -0.1) is 17.9 Å². The van der Waals surface area contributed by atoms with Crippen LogP contribution in [0.1, 0.15) is 42.9 Å². The third-order valence-electron chi connectivity index (χ3n) is 9.36. The predicted octanol–water partition coefficient (Wildman–Crippen LogP) is 8.17. The summed E-state index contributed by atoms with van der Waals surface area (Å²) in [4.78, 5) is 15.7. The van der Waals surface area contributed by atoms with Crippen molar-refractivity contribution < 1.29 is 40.2 Å². The number of alkyl halides is 4. The van der Waals surface area contributed by atoms with E-state index in [1.807, 2.05) is 6.92 Å². The Bertz CT molecular complexity index is 2300. The monoisotopic (exact) mass is 788 g/mol. The number of nitrogen functional groups attached to an aromatic ring is 2. The van der Waals surface area contributed by atoms with E-state index in [4.69, 9.17) is 20.9 Å². The van der Waals surface area contributed by atoms with Gasteiger partial charge in [0.25, 0.3) is 0 Å². The molecule has 0 bridgehead atoms. The lowest BCUT2D eigenvalue weighted by Crippen LogP contribution is -2.28. The molecule has 18 heteroatoms. The van der Waals surface area contributed by atoms with Crippen LogP contribution in [0.2, 0.25) is 0 Å². The van der Waals surface area contributed by atoms with E-state index in [9.17, 15) is 31.6 Å². The van der Waals surface area contributed by atoms with Gasteiger partial charge in [0, 0.05) is 35.6 Å². The first-order valence-electron chi connectivity index (χ1n) is 17.0. The fraction of sp³-hybridized carbons (Fsp3) is 0.351. The topological polar surface area (TPSA) is 139 Å². The second kappa shape index (κ2) is 15.7. The van der Waals surface area contributed by atoms with Gasteiger partial charge in [0.15, 0.2) is 5.82 Å². The predicted molar refractivity (Wildman–Crippen MR) is 196 cm³/mol. The zero-order chi connectivity index (χ0) is 39.8. The van der Waals surface area contributed by atoms with Crippen LogP contribution in [-0.4, -0.2) is 65.4 Å². The Kier molecular flexibility index (Phi) is 11.3. The van der Waals surface area contributed by atoms with E-state index >= 15 is 4.39 Å². The minimum absolute atomic E-state index is 0.0368. The van der Waals surface area contributed by atoms with Crippen LogP contribution in [0, 0.1) is 28.8 Å². The maximum Gasteiger partial charge on any atom is 0.420 e. The van der Waals surface area contributed by atoms with Gasteiger partial charge >= 0.3 is 12.2 Å². The summed E-state index contributed by atoms with van der Waals surface area (Å²) in [7, 11) is 1.18. The van der Waals surface area contributed by atoms with Gasteiger partial charge < -0.3 is 25.8 Å². The molecule has 0 radical (unpaired) electrons. The number of fused-ring (bicyclic) bond motifs is 2. The van der Waals surface area contributed by atoms with Crippen molar-refractivity contribution in [2.75, 3.05) is 49.7 Å². The molecule has 0 saturated carbocycles. The number of aromatic nitrogens is 3. The van der Waals surface area contributed by atoms with E-state index in [2.05, 4.69) is 26.4 Å². The highest BCUT2D eigenvalue weighted by atomic mass is 32.1. The molecule has 290 valence electrons. The second-order valence-corrected chi connectivity index (χ2v) is 14.0. The second-order valence-electron chi connectivity index (χ2n) is 12.9. The summed E-state index contributed by atoms with van der Waals surface area (Å²) in [6.45, 7) is 6.49. The van der Waals surface area contributed by atoms with Crippen LogP contribution < -0.4 is 25.8 Å². The molecule has 8 rings (SSSR count). The maximum absolute atomic E-state index is 16.7. The molecule has 55 heavy (non-hydrogen) atoms. The summed E-state index contributed by atoms with van der Waals surface area (Å²) in [6.07, 6.45) is 0.245. The van der Waals surface area contributed by atoms with E-state index in [1.165, 1.54) is 24.9 Å². The Morgan fingerprint density at radius 1 is 1.16 bits per heavy atom. The van der Waals surface area contributed by atoms with Crippen LogP contribution >= 0.6 is 11.3 Å². The number of anilines is 3. The van der Waals surface area contributed by atoms with Crippen molar-refractivity contribution in [3.8, 4) is 29.0 Å². The number of nitrogens with zero attached hydrogens (tertiary/aromatic N) is 6. The van der Waals surface area contributed by atoms with E-state index < -0.39 is 69.2 Å². The molecule has 0 amide bonds. The van der Waals surface area contributed by atoms with Gasteiger partial charge in [-0.3, -0.25) is 4.90 Å². The summed E-state index contributed by atoms with van der Waals surface area (Å²) in [5.41, 5.74) is 8.09. The number of benzene rings is 2. The number of hydrogen-bond acceptors (Lipinski definition) is 11. The molecule has 2 saturated heterocycles. The van der Waals surface area contributed by atoms with Crippen molar-refractivity contribution in [1.29, 1.82) is 5.26 Å². The lowest BCUT2D eigenvalue weighted by atomic mass is 9.91. The minimum atomic E-state index is -5.22. The average Bonchev–Trinajstić information content (AvgIpc) is 3.79. The van der Waals surface area contributed by atoms with Crippen molar-refractivity contribution in [2.45, 2.75) is 51.1 Å². The van der Waals surface area contributed by atoms with Gasteiger partial charge in [-0.2, -0.15) is 28.4 Å². The summed E-state index contributed by atoms with van der Waals surface area (Å²) in [5, 5.41) is 8.84. The van der Waals surface area contributed by atoms with E-state index in [1.54, 1.807) is 12.1 Å². The molecule has 2 atom stereocenters. The normalized spacial score (nSPS) is 17.7. The van der Waals surface area contributed by atoms with Gasteiger partial charge in [-0.1, -0.05) is 12.1 Å². The lowest BCUT2D eigenvalue weighted by Gasteiger charge is -2.24. The molecule has 6 heterocycles. The summed E-state index contributed by atoms with van der Waals surface area (Å²) < 4.78 is 114. The molecule has 2 aromatic carbocycles. The fourth-order valence-electron chi connectivity index (χ4n) is 7.13. The molecule has 10 nitrogen and oxygen atoms in total. The first-order chi connectivity index (χ1) is 26.2. The number of methoxy groups -OCH3 is 1. The standard InChI is InChI=1S/C27H17F6N7O2S.C7H12FN.C3H6/c1-41-26-38-20-17-21(42-5-4-40(25(17)39-26)9-10-6-11(28)8-37-23(10)35)18(27(31,32)33)16(19(20)30)12-2-3-14(29)22-15(12)13(7-34)24(36)43-22;8-6-4-7-2-1-3-9(7)5-6;1-3-2/h2-3,6,8H,4-5,9,36H2,1H3,(H2,35,37);6-7H,1-5H2;3H,1H2,2H3. The van der Waals surface area contributed by atoms with Crippen LogP contribution in [0.25, 0.3) is 32.1 Å². The zero-order valence-corrected chi connectivity index (χ0v) is 30.4. The van der Waals surface area contributed by atoms with Gasteiger partial charge in [0.05, 0.1) is 35.5 Å². The highest BCUT2D eigenvalue weighted by Gasteiger charge is 2.44. The largest absolute Gasteiger partial charge is 0.490 e. The number of allylic oxidation sites excluding steroid dienone is 1. The smallest absolute Gasteiger partial charge is 0.420 e. The van der Waals surface area contributed by atoms with Crippen molar-refractivity contribution in [1.82, 2.24) is 19.9 Å². The van der Waals surface area contributed by atoms with Gasteiger partial charge in [-0.05, 0) is 50.4 Å². The van der Waals surface area contributed by atoms with E-state index in [-0.39, 0.29) is 57.5 Å². The van der Waals surface area contributed by atoms with Crippen molar-refractivity contribution in [3.05, 3.63) is 71.2 Å². The summed E-state index contributed by atoms with van der Waals surface area (Å²) >= 11 is 0.649. The number of hydrogen-bond donors (Lipinski definition) is 2. The number of pyridine rings is 1. The molecule has 5 aromatic rings. The average molecular weight is 789 g/mol. The van der Waals surface area contributed by atoms with Crippen LogP contribution in [0.5, 0.6) is 11.8 Å². The molecule has 2 unspecified atom stereocenters. The lowest BCUT2D eigenvalue weighted by molar-refractivity contribution is -0.138. The number of rotatable bonds is 4. The Morgan fingerprint density at radius 3 is 2.58 bits per heavy atom. The third kappa shape index (κ3) is 7.50.